The van der Waals surface area contributed by atoms with Gasteiger partial charge in [0.25, 0.3) is 5.91 Å². The maximum Gasteiger partial charge on any atom is 0.253 e. The fourth-order valence-electron chi connectivity index (χ4n) is 1.45. The van der Waals surface area contributed by atoms with E-state index < -0.39 is 0 Å². The van der Waals surface area contributed by atoms with E-state index in [0.29, 0.717) is 12.1 Å². The Morgan fingerprint density at radius 1 is 1.41 bits per heavy atom. The molecule has 0 aliphatic carbocycles. The zero-order valence-corrected chi connectivity index (χ0v) is 10.1. The molecule has 0 saturated heterocycles. The standard InChI is InChI=1S/C12H12N2O2S/c1-14(6-10-7-17-8-13-10)12(16)9-2-4-11(15)5-3-9/h2-5,7-8,15H,6H2,1H3. The van der Waals surface area contributed by atoms with Crippen LogP contribution in [0.3, 0.4) is 0 Å². The van der Waals surface area contributed by atoms with Crippen LogP contribution in [-0.4, -0.2) is 27.9 Å². The van der Waals surface area contributed by atoms with Gasteiger partial charge in [0, 0.05) is 18.0 Å². The van der Waals surface area contributed by atoms with Crippen molar-refractivity contribution in [3.8, 4) is 5.75 Å². The van der Waals surface area contributed by atoms with Gasteiger partial charge in [-0.05, 0) is 24.3 Å². The first-order chi connectivity index (χ1) is 8.16. The van der Waals surface area contributed by atoms with Crippen molar-refractivity contribution in [2.75, 3.05) is 7.05 Å². The zero-order valence-electron chi connectivity index (χ0n) is 9.33. The highest BCUT2D eigenvalue weighted by Crippen LogP contribution is 2.12. The highest BCUT2D eigenvalue weighted by Gasteiger charge is 2.12. The maximum absolute atomic E-state index is 12.0. The lowest BCUT2D eigenvalue weighted by atomic mass is 10.2. The van der Waals surface area contributed by atoms with Gasteiger partial charge in [0.15, 0.2) is 0 Å². The van der Waals surface area contributed by atoms with Crippen LogP contribution in [-0.2, 0) is 6.54 Å². The molecule has 2 aromatic rings. The summed E-state index contributed by atoms with van der Waals surface area (Å²) < 4.78 is 0. The Morgan fingerprint density at radius 3 is 2.71 bits per heavy atom. The number of hydrogen-bond donors (Lipinski definition) is 1. The molecule has 0 bridgehead atoms. The Labute approximate surface area is 103 Å². The van der Waals surface area contributed by atoms with Crippen molar-refractivity contribution < 1.29 is 9.90 Å². The first kappa shape index (κ1) is 11.6. The van der Waals surface area contributed by atoms with Crippen molar-refractivity contribution in [3.05, 3.63) is 46.4 Å². The first-order valence-corrected chi connectivity index (χ1v) is 6.02. The summed E-state index contributed by atoms with van der Waals surface area (Å²) in [7, 11) is 1.73. The highest BCUT2D eigenvalue weighted by atomic mass is 32.1. The molecule has 1 amide bonds. The quantitative estimate of drug-likeness (QED) is 0.905. The lowest BCUT2D eigenvalue weighted by molar-refractivity contribution is 0.0783. The number of carbonyl (C=O) groups is 1. The number of hydrogen-bond acceptors (Lipinski definition) is 4. The lowest BCUT2D eigenvalue weighted by Gasteiger charge is -2.15. The number of aromatic hydroxyl groups is 1. The summed E-state index contributed by atoms with van der Waals surface area (Å²) in [6.07, 6.45) is 0. The number of aromatic nitrogens is 1. The van der Waals surface area contributed by atoms with Gasteiger partial charge in [0.1, 0.15) is 5.75 Å². The smallest absolute Gasteiger partial charge is 0.253 e. The molecule has 1 aromatic heterocycles. The summed E-state index contributed by atoms with van der Waals surface area (Å²) in [5, 5.41) is 11.1. The summed E-state index contributed by atoms with van der Waals surface area (Å²) in [5.74, 6) is 0.0710. The van der Waals surface area contributed by atoms with Crippen molar-refractivity contribution in [3.63, 3.8) is 0 Å². The number of phenolic OH excluding ortho intramolecular Hbond substituents is 1. The average Bonchev–Trinajstić information content (AvgIpc) is 2.82. The second-order valence-electron chi connectivity index (χ2n) is 3.69. The molecule has 17 heavy (non-hydrogen) atoms. The van der Waals surface area contributed by atoms with Crippen LogP contribution in [0, 0.1) is 0 Å². The average molecular weight is 248 g/mol. The number of thiazole rings is 1. The molecule has 4 nitrogen and oxygen atoms in total. The summed E-state index contributed by atoms with van der Waals surface area (Å²) in [5.41, 5.74) is 3.18. The lowest BCUT2D eigenvalue weighted by Crippen LogP contribution is -2.26. The predicted molar refractivity (Wildman–Crippen MR) is 66.0 cm³/mol. The first-order valence-electron chi connectivity index (χ1n) is 5.08. The normalized spacial score (nSPS) is 10.2. The molecule has 88 valence electrons. The van der Waals surface area contributed by atoms with E-state index in [1.165, 1.54) is 23.5 Å². The SMILES string of the molecule is CN(Cc1cscn1)C(=O)c1ccc(O)cc1. The van der Waals surface area contributed by atoms with Gasteiger partial charge in [0.2, 0.25) is 0 Å². The molecule has 0 spiro atoms. The van der Waals surface area contributed by atoms with E-state index in [-0.39, 0.29) is 11.7 Å². The van der Waals surface area contributed by atoms with Crippen LogP contribution >= 0.6 is 11.3 Å². The van der Waals surface area contributed by atoms with Crippen molar-refractivity contribution in [2.45, 2.75) is 6.54 Å². The van der Waals surface area contributed by atoms with E-state index in [1.54, 1.807) is 29.6 Å². The van der Waals surface area contributed by atoms with Crippen LogP contribution in [0.1, 0.15) is 16.1 Å². The van der Waals surface area contributed by atoms with Gasteiger partial charge in [-0.3, -0.25) is 4.79 Å². The van der Waals surface area contributed by atoms with Gasteiger partial charge in [-0.15, -0.1) is 11.3 Å². The van der Waals surface area contributed by atoms with Crippen molar-refractivity contribution in [1.29, 1.82) is 0 Å². The van der Waals surface area contributed by atoms with Crippen LogP contribution in [0.15, 0.2) is 35.2 Å². The molecule has 0 saturated carbocycles. The van der Waals surface area contributed by atoms with Gasteiger partial charge in [-0.2, -0.15) is 0 Å². The van der Waals surface area contributed by atoms with Gasteiger partial charge < -0.3 is 10.0 Å². The van der Waals surface area contributed by atoms with Crippen LogP contribution in [0.5, 0.6) is 5.75 Å². The van der Waals surface area contributed by atoms with E-state index in [9.17, 15) is 4.79 Å². The summed E-state index contributed by atoms with van der Waals surface area (Å²) in [4.78, 5) is 17.7. The minimum atomic E-state index is -0.0852. The second kappa shape index (κ2) is 4.97. The molecule has 0 unspecified atom stereocenters. The van der Waals surface area contributed by atoms with E-state index in [2.05, 4.69) is 4.98 Å². The van der Waals surface area contributed by atoms with E-state index >= 15 is 0 Å². The third-order valence-electron chi connectivity index (χ3n) is 2.34. The zero-order chi connectivity index (χ0) is 12.3. The Bertz CT molecular complexity index is 494. The third kappa shape index (κ3) is 2.82. The van der Waals surface area contributed by atoms with E-state index in [4.69, 9.17) is 5.11 Å². The largest absolute Gasteiger partial charge is 0.508 e. The molecule has 1 aromatic carbocycles. The van der Waals surface area contributed by atoms with E-state index in [1.807, 2.05) is 5.38 Å². The fraction of sp³-hybridized carbons (Fsp3) is 0.167. The molecule has 5 heteroatoms. The number of phenols is 1. The molecule has 0 aliphatic rings. The van der Waals surface area contributed by atoms with Crippen molar-refractivity contribution in [1.82, 2.24) is 9.88 Å². The molecule has 0 fully saturated rings. The Hall–Kier alpha value is -1.88. The molecule has 1 heterocycles. The number of carbonyl (C=O) groups excluding carboxylic acids is 1. The van der Waals surface area contributed by atoms with Gasteiger partial charge in [-0.1, -0.05) is 0 Å². The van der Waals surface area contributed by atoms with Crippen LogP contribution in [0.2, 0.25) is 0 Å². The summed E-state index contributed by atoms with van der Waals surface area (Å²) >= 11 is 1.51. The summed E-state index contributed by atoms with van der Waals surface area (Å²) in [6, 6.07) is 6.22. The Kier molecular flexibility index (Phi) is 3.39. The molecule has 2 rings (SSSR count). The summed E-state index contributed by atoms with van der Waals surface area (Å²) in [6.45, 7) is 0.489. The minimum Gasteiger partial charge on any atom is -0.508 e. The van der Waals surface area contributed by atoms with Crippen molar-refractivity contribution >= 4 is 17.2 Å². The second-order valence-corrected chi connectivity index (χ2v) is 4.41. The third-order valence-corrected chi connectivity index (χ3v) is 2.98. The minimum absolute atomic E-state index is 0.0852. The van der Waals surface area contributed by atoms with Gasteiger partial charge in [0.05, 0.1) is 17.7 Å². The molecule has 0 aliphatic heterocycles. The number of rotatable bonds is 3. The Morgan fingerprint density at radius 2 is 2.12 bits per heavy atom. The van der Waals surface area contributed by atoms with Crippen LogP contribution in [0.4, 0.5) is 0 Å². The fourth-order valence-corrected chi connectivity index (χ4v) is 2.00. The van der Waals surface area contributed by atoms with Gasteiger partial charge in [-0.25, -0.2) is 4.98 Å². The monoisotopic (exact) mass is 248 g/mol. The number of amides is 1. The maximum atomic E-state index is 12.0. The Balaban J connectivity index is 2.07. The van der Waals surface area contributed by atoms with Crippen LogP contribution < -0.4 is 0 Å². The molecule has 1 N–H and O–H groups in total. The highest BCUT2D eigenvalue weighted by molar-refractivity contribution is 7.07. The molecule has 0 radical (unpaired) electrons. The molecular formula is C12H12N2O2S. The molecular weight excluding hydrogens is 236 g/mol. The predicted octanol–water partition coefficient (Wildman–Crippen LogP) is 2.12. The topological polar surface area (TPSA) is 53.4 Å². The number of benzene rings is 1. The van der Waals surface area contributed by atoms with Crippen molar-refractivity contribution in [2.24, 2.45) is 0 Å². The van der Waals surface area contributed by atoms with Gasteiger partial charge >= 0.3 is 0 Å². The molecule has 0 atom stereocenters. The van der Waals surface area contributed by atoms with Crippen LogP contribution in [0.25, 0.3) is 0 Å². The van der Waals surface area contributed by atoms with E-state index in [0.717, 1.165) is 5.69 Å². The number of nitrogens with zero attached hydrogens (tertiary/aromatic N) is 2.